The molecule has 0 spiro atoms. The zero-order chi connectivity index (χ0) is 21.0. The molecule has 0 aliphatic carbocycles. The molecule has 150 valence electrons. The van der Waals surface area contributed by atoms with Gasteiger partial charge in [0.1, 0.15) is 5.69 Å². The molecule has 0 radical (unpaired) electrons. The van der Waals surface area contributed by atoms with Crippen LogP contribution in [0.25, 0.3) is 5.69 Å². The lowest BCUT2D eigenvalue weighted by Crippen LogP contribution is -2.30. The molecular formula is C21H23N5O3. The minimum Gasteiger partial charge on any atom is -0.369 e. The van der Waals surface area contributed by atoms with Gasteiger partial charge in [0.15, 0.2) is 0 Å². The number of nitro groups is 1. The minimum atomic E-state index is -0.508. The third-order valence-electron chi connectivity index (χ3n) is 4.64. The quantitative estimate of drug-likeness (QED) is 0.478. The molecule has 2 aromatic carbocycles. The fourth-order valence-corrected chi connectivity index (χ4v) is 3.22. The SMILES string of the molecule is CCN(c1ccc(NC(=O)c2ccc(-n3ccnc3)c([N+](=O)[O-])c2)cc1)C(C)C. The summed E-state index contributed by atoms with van der Waals surface area (Å²) in [6.07, 6.45) is 4.62. The van der Waals surface area contributed by atoms with E-state index >= 15 is 0 Å². The molecule has 3 rings (SSSR count). The molecule has 1 aromatic heterocycles. The zero-order valence-corrected chi connectivity index (χ0v) is 16.6. The van der Waals surface area contributed by atoms with E-state index in [1.807, 2.05) is 24.3 Å². The first-order chi connectivity index (χ1) is 13.9. The first kappa shape index (κ1) is 20.1. The van der Waals surface area contributed by atoms with Gasteiger partial charge >= 0.3 is 0 Å². The second kappa shape index (κ2) is 8.55. The van der Waals surface area contributed by atoms with Gasteiger partial charge < -0.3 is 14.8 Å². The lowest BCUT2D eigenvalue weighted by atomic mass is 10.1. The summed E-state index contributed by atoms with van der Waals surface area (Å²) in [4.78, 5) is 29.7. The Morgan fingerprint density at radius 2 is 1.97 bits per heavy atom. The van der Waals surface area contributed by atoms with Gasteiger partial charge in [-0.25, -0.2) is 4.98 Å². The van der Waals surface area contributed by atoms with Gasteiger partial charge in [-0.3, -0.25) is 14.9 Å². The Kier molecular flexibility index (Phi) is 5.92. The molecule has 0 atom stereocenters. The highest BCUT2D eigenvalue weighted by Gasteiger charge is 2.19. The molecule has 0 bridgehead atoms. The summed E-state index contributed by atoms with van der Waals surface area (Å²) in [5, 5.41) is 14.3. The van der Waals surface area contributed by atoms with Crippen molar-refractivity contribution in [1.82, 2.24) is 9.55 Å². The smallest absolute Gasteiger partial charge is 0.294 e. The second-order valence-corrected chi connectivity index (χ2v) is 6.81. The maximum Gasteiger partial charge on any atom is 0.294 e. The van der Waals surface area contributed by atoms with Crippen LogP contribution in [0.5, 0.6) is 0 Å². The number of aromatic nitrogens is 2. The predicted molar refractivity (Wildman–Crippen MR) is 113 cm³/mol. The van der Waals surface area contributed by atoms with E-state index in [4.69, 9.17) is 0 Å². The molecule has 0 saturated heterocycles. The largest absolute Gasteiger partial charge is 0.369 e. The number of nitro benzene ring substituents is 1. The first-order valence-corrected chi connectivity index (χ1v) is 9.35. The lowest BCUT2D eigenvalue weighted by Gasteiger charge is -2.27. The number of amides is 1. The van der Waals surface area contributed by atoms with E-state index < -0.39 is 10.8 Å². The van der Waals surface area contributed by atoms with E-state index in [-0.39, 0.29) is 11.3 Å². The van der Waals surface area contributed by atoms with Crippen LogP contribution >= 0.6 is 0 Å². The Bertz CT molecular complexity index is 998. The van der Waals surface area contributed by atoms with Gasteiger partial charge in [0.05, 0.1) is 11.3 Å². The highest BCUT2D eigenvalue weighted by Crippen LogP contribution is 2.25. The number of carbonyl (C=O) groups excluding carboxylic acids is 1. The number of anilines is 2. The third kappa shape index (κ3) is 4.43. The van der Waals surface area contributed by atoms with Gasteiger partial charge in [-0.15, -0.1) is 0 Å². The molecule has 0 fully saturated rings. The molecule has 1 amide bonds. The maximum absolute atomic E-state index is 12.6. The summed E-state index contributed by atoms with van der Waals surface area (Å²) < 4.78 is 1.53. The Morgan fingerprint density at radius 3 is 2.52 bits per heavy atom. The van der Waals surface area contributed by atoms with Gasteiger partial charge in [0.25, 0.3) is 11.6 Å². The van der Waals surface area contributed by atoms with Crippen LogP contribution in [0.2, 0.25) is 0 Å². The molecule has 0 aliphatic heterocycles. The van der Waals surface area contributed by atoms with Crippen LogP contribution in [-0.4, -0.2) is 33.0 Å². The molecule has 0 aliphatic rings. The number of hydrogen-bond acceptors (Lipinski definition) is 5. The molecular weight excluding hydrogens is 370 g/mol. The second-order valence-electron chi connectivity index (χ2n) is 6.81. The minimum absolute atomic E-state index is 0.165. The van der Waals surface area contributed by atoms with E-state index in [1.165, 1.54) is 23.2 Å². The Balaban J connectivity index is 1.80. The number of nitrogens with zero attached hydrogens (tertiary/aromatic N) is 4. The average molecular weight is 393 g/mol. The molecule has 8 heteroatoms. The van der Waals surface area contributed by atoms with Crippen molar-refractivity contribution in [1.29, 1.82) is 0 Å². The van der Waals surface area contributed by atoms with E-state index in [9.17, 15) is 14.9 Å². The summed E-state index contributed by atoms with van der Waals surface area (Å²) in [5.74, 6) is -0.408. The van der Waals surface area contributed by atoms with Crippen molar-refractivity contribution in [2.45, 2.75) is 26.8 Å². The molecule has 0 unspecified atom stereocenters. The van der Waals surface area contributed by atoms with Crippen LogP contribution in [-0.2, 0) is 0 Å². The van der Waals surface area contributed by atoms with E-state index in [0.29, 0.717) is 17.4 Å². The van der Waals surface area contributed by atoms with Crippen molar-refractivity contribution in [2.75, 3.05) is 16.8 Å². The summed E-state index contributed by atoms with van der Waals surface area (Å²) in [6.45, 7) is 7.23. The standard InChI is InChI=1S/C21H23N5O3/c1-4-25(15(2)3)18-8-6-17(7-9-18)23-21(27)16-5-10-19(20(13-16)26(28)29)24-12-11-22-14-24/h5-15H,4H2,1-3H3,(H,23,27). The Hall–Kier alpha value is -3.68. The van der Waals surface area contributed by atoms with Crippen LogP contribution in [0.1, 0.15) is 31.1 Å². The van der Waals surface area contributed by atoms with E-state index in [0.717, 1.165) is 12.2 Å². The normalized spacial score (nSPS) is 10.8. The Morgan fingerprint density at radius 1 is 1.24 bits per heavy atom. The summed E-state index contributed by atoms with van der Waals surface area (Å²) in [5.41, 5.74) is 2.09. The summed E-state index contributed by atoms with van der Waals surface area (Å²) in [6, 6.07) is 12.3. The summed E-state index contributed by atoms with van der Waals surface area (Å²) in [7, 11) is 0. The van der Waals surface area contributed by atoms with Crippen molar-refractivity contribution in [3.63, 3.8) is 0 Å². The van der Waals surface area contributed by atoms with Crippen molar-refractivity contribution in [3.8, 4) is 5.69 Å². The zero-order valence-electron chi connectivity index (χ0n) is 16.6. The van der Waals surface area contributed by atoms with Crippen LogP contribution in [0.4, 0.5) is 17.1 Å². The number of imidazole rings is 1. The van der Waals surface area contributed by atoms with Crippen molar-refractivity contribution < 1.29 is 9.72 Å². The Labute approximate surface area is 168 Å². The van der Waals surface area contributed by atoms with Crippen molar-refractivity contribution >= 4 is 23.0 Å². The molecule has 1 heterocycles. The fourth-order valence-electron chi connectivity index (χ4n) is 3.22. The van der Waals surface area contributed by atoms with Gasteiger partial charge in [0.2, 0.25) is 0 Å². The topological polar surface area (TPSA) is 93.3 Å². The number of benzene rings is 2. The molecule has 0 saturated carbocycles. The fraction of sp³-hybridized carbons (Fsp3) is 0.238. The van der Waals surface area contributed by atoms with Crippen LogP contribution in [0.3, 0.4) is 0 Å². The van der Waals surface area contributed by atoms with Crippen LogP contribution in [0, 0.1) is 10.1 Å². The maximum atomic E-state index is 12.6. The third-order valence-corrected chi connectivity index (χ3v) is 4.64. The van der Waals surface area contributed by atoms with Crippen molar-refractivity contribution in [3.05, 3.63) is 76.9 Å². The predicted octanol–water partition coefficient (Wildman–Crippen LogP) is 4.27. The van der Waals surface area contributed by atoms with Gasteiger partial charge in [-0.1, -0.05) is 0 Å². The van der Waals surface area contributed by atoms with Crippen LogP contribution in [0.15, 0.2) is 61.2 Å². The summed E-state index contributed by atoms with van der Waals surface area (Å²) >= 11 is 0. The molecule has 1 N–H and O–H groups in total. The van der Waals surface area contributed by atoms with E-state index in [1.54, 1.807) is 18.3 Å². The van der Waals surface area contributed by atoms with Gasteiger partial charge in [0, 0.05) is 48.0 Å². The number of nitrogens with one attached hydrogen (secondary N) is 1. The number of rotatable bonds is 7. The van der Waals surface area contributed by atoms with Crippen LogP contribution < -0.4 is 10.2 Å². The molecule has 8 nitrogen and oxygen atoms in total. The highest BCUT2D eigenvalue weighted by atomic mass is 16.6. The first-order valence-electron chi connectivity index (χ1n) is 9.35. The molecule has 29 heavy (non-hydrogen) atoms. The van der Waals surface area contributed by atoms with Crippen molar-refractivity contribution in [2.24, 2.45) is 0 Å². The lowest BCUT2D eigenvalue weighted by molar-refractivity contribution is -0.384. The average Bonchev–Trinajstić information content (AvgIpc) is 3.23. The van der Waals surface area contributed by atoms with Gasteiger partial charge in [-0.2, -0.15) is 0 Å². The van der Waals surface area contributed by atoms with E-state index in [2.05, 4.69) is 36.0 Å². The highest BCUT2D eigenvalue weighted by molar-refractivity contribution is 6.05. The number of hydrogen-bond donors (Lipinski definition) is 1. The molecule has 3 aromatic rings. The monoisotopic (exact) mass is 393 g/mol. The number of carbonyl (C=O) groups is 1. The van der Waals surface area contributed by atoms with Gasteiger partial charge in [-0.05, 0) is 57.2 Å².